The molecule has 0 saturated carbocycles. The first kappa shape index (κ1) is 9.06. The van der Waals surface area contributed by atoms with E-state index in [0.717, 1.165) is 18.4 Å². The lowest BCUT2D eigenvalue weighted by atomic mass is 9.97. The fraction of sp³-hybridized carbons (Fsp3) is 0.364. The lowest BCUT2D eigenvalue weighted by molar-refractivity contribution is -0.123. The molecular weight excluding hydrogens is 178 g/mol. The summed E-state index contributed by atoms with van der Waals surface area (Å²) in [6.07, 6.45) is 2.56. The first-order valence-corrected chi connectivity index (χ1v) is 4.84. The Hall–Kier alpha value is -1.51. The fourth-order valence-corrected chi connectivity index (χ4v) is 1.76. The van der Waals surface area contributed by atoms with Gasteiger partial charge in [-0.25, -0.2) is 0 Å². The van der Waals surface area contributed by atoms with Gasteiger partial charge in [0, 0.05) is 6.42 Å². The highest BCUT2D eigenvalue weighted by Gasteiger charge is 2.19. The highest BCUT2D eigenvalue weighted by atomic mass is 16.3. The largest absolute Gasteiger partial charge is 0.508 e. The Labute approximate surface area is 82.8 Å². The number of phenolic OH excluding ortho intramolecular Hbond substituents is 1. The van der Waals surface area contributed by atoms with Crippen molar-refractivity contribution < 1.29 is 9.90 Å². The average molecular weight is 191 g/mol. The number of rotatable bonds is 1. The molecule has 1 heterocycles. The Morgan fingerprint density at radius 3 is 2.64 bits per heavy atom. The van der Waals surface area contributed by atoms with Crippen LogP contribution in [0.1, 0.15) is 30.9 Å². The standard InChI is InChI=1S/C11H13NO2/c13-9-6-4-8(5-7-9)10-2-1-3-11(14)12-10/h4-7,10,13H,1-3H2,(H,12,14). The molecule has 3 nitrogen and oxygen atoms in total. The second-order valence-corrected chi connectivity index (χ2v) is 3.60. The molecular formula is C11H13NO2. The fourth-order valence-electron chi connectivity index (χ4n) is 1.76. The predicted octanol–water partition coefficient (Wildman–Crippen LogP) is 1.73. The van der Waals surface area contributed by atoms with Crippen LogP contribution < -0.4 is 5.32 Å². The van der Waals surface area contributed by atoms with E-state index < -0.39 is 0 Å². The van der Waals surface area contributed by atoms with E-state index in [-0.39, 0.29) is 17.7 Å². The Morgan fingerprint density at radius 2 is 2.00 bits per heavy atom. The predicted molar refractivity (Wildman–Crippen MR) is 52.8 cm³/mol. The number of amides is 1. The summed E-state index contributed by atoms with van der Waals surface area (Å²) < 4.78 is 0. The molecule has 1 atom stereocenters. The summed E-state index contributed by atoms with van der Waals surface area (Å²) in [5.74, 6) is 0.380. The lowest BCUT2D eigenvalue weighted by Gasteiger charge is -2.23. The van der Waals surface area contributed by atoms with E-state index in [1.54, 1.807) is 12.1 Å². The maximum absolute atomic E-state index is 11.2. The lowest BCUT2D eigenvalue weighted by Crippen LogP contribution is -2.32. The van der Waals surface area contributed by atoms with Gasteiger partial charge in [-0.05, 0) is 30.5 Å². The molecule has 14 heavy (non-hydrogen) atoms. The number of nitrogens with one attached hydrogen (secondary N) is 1. The summed E-state index contributed by atoms with van der Waals surface area (Å²) in [6, 6.07) is 7.13. The van der Waals surface area contributed by atoms with Gasteiger partial charge in [0.2, 0.25) is 5.91 Å². The van der Waals surface area contributed by atoms with Gasteiger partial charge in [0.05, 0.1) is 6.04 Å². The number of hydrogen-bond donors (Lipinski definition) is 2. The third-order valence-electron chi connectivity index (χ3n) is 2.53. The van der Waals surface area contributed by atoms with Crippen LogP contribution in [0.5, 0.6) is 5.75 Å². The molecule has 1 unspecified atom stereocenters. The summed E-state index contributed by atoms with van der Waals surface area (Å²) in [6.45, 7) is 0. The van der Waals surface area contributed by atoms with Crippen molar-refractivity contribution >= 4 is 5.91 Å². The number of piperidine rings is 1. The van der Waals surface area contributed by atoms with Crippen molar-refractivity contribution in [2.24, 2.45) is 0 Å². The maximum atomic E-state index is 11.2. The Kier molecular flexibility index (Phi) is 2.39. The number of aromatic hydroxyl groups is 1. The molecule has 1 aliphatic heterocycles. The topological polar surface area (TPSA) is 49.3 Å². The van der Waals surface area contributed by atoms with E-state index in [1.165, 1.54) is 0 Å². The molecule has 2 N–H and O–H groups in total. The monoisotopic (exact) mass is 191 g/mol. The van der Waals surface area contributed by atoms with Crippen molar-refractivity contribution in [3.63, 3.8) is 0 Å². The summed E-state index contributed by atoms with van der Waals surface area (Å²) in [5.41, 5.74) is 1.07. The van der Waals surface area contributed by atoms with Crippen LogP contribution in [0.2, 0.25) is 0 Å². The van der Waals surface area contributed by atoms with Crippen molar-refractivity contribution in [3.05, 3.63) is 29.8 Å². The number of carbonyl (C=O) groups is 1. The Bertz CT molecular complexity index is 332. The van der Waals surface area contributed by atoms with Crippen LogP contribution in [-0.2, 0) is 4.79 Å². The highest BCUT2D eigenvalue weighted by Crippen LogP contribution is 2.24. The minimum absolute atomic E-state index is 0.120. The summed E-state index contributed by atoms with van der Waals surface area (Å²) in [5, 5.41) is 12.1. The zero-order valence-electron chi connectivity index (χ0n) is 7.86. The Balaban J connectivity index is 2.14. The van der Waals surface area contributed by atoms with Crippen LogP contribution in [0.3, 0.4) is 0 Å². The molecule has 1 aromatic carbocycles. The number of benzene rings is 1. The van der Waals surface area contributed by atoms with Crippen LogP contribution in [-0.4, -0.2) is 11.0 Å². The second-order valence-electron chi connectivity index (χ2n) is 3.60. The van der Waals surface area contributed by atoms with Crippen LogP contribution >= 0.6 is 0 Å². The van der Waals surface area contributed by atoms with Gasteiger partial charge >= 0.3 is 0 Å². The molecule has 1 aromatic rings. The quantitative estimate of drug-likeness (QED) is 0.710. The molecule has 1 aliphatic rings. The molecule has 0 spiro atoms. The minimum atomic E-state index is 0.120. The SMILES string of the molecule is O=C1CCCC(c2ccc(O)cc2)N1. The van der Waals surface area contributed by atoms with E-state index in [9.17, 15) is 4.79 Å². The first-order valence-electron chi connectivity index (χ1n) is 4.84. The van der Waals surface area contributed by atoms with Crippen molar-refractivity contribution in [3.8, 4) is 5.75 Å². The molecule has 2 rings (SSSR count). The normalized spacial score (nSPS) is 21.7. The first-order chi connectivity index (χ1) is 6.75. The summed E-state index contributed by atoms with van der Waals surface area (Å²) >= 11 is 0. The van der Waals surface area contributed by atoms with Crippen molar-refractivity contribution in [1.29, 1.82) is 0 Å². The smallest absolute Gasteiger partial charge is 0.220 e. The van der Waals surface area contributed by atoms with Crippen LogP contribution in [0.15, 0.2) is 24.3 Å². The third kappa shape index (κ3) is 1.87. The van der Waals surface area contributed by atoms with Gasteiger partial charge in [-0.1, -0.05) is 12.1 Å². The summed E-state index contributed by atoms with van der Waals surface area (Å²) in [4.78, 5) is 11.2. The molecule has 0 bridgehead atoms. The Morgan fingerprint density at radius 1 is 1.29 bits per heavy atom. The van der Waals surface area contributed by atoms with Crippen LogP contribution in [0.4, 0.5) is 0 Å². The van der Waals surface area contributed by atoms with E-state index in [4.69, 9.17) is 5.11 Å². The molecule has 3 heteroatoms. The van der Waals surface area contributed by atoms with E-state index in [1.807, 2.05) is 12.1 Å². The average Bonchev–Trinajstić information content (AvgIpc) is 2.19. The van der Waals surface area contributed by atoms with Gasteiger partial charge in [0.1, 0.15) is 5.75 Å². The third-order valence-corrected chi connectivity index (χ3v) is 2.53. The van der Waals surface area contributed by atoms with Gasteiger partial charge in [0.25, 0.3) is 0 Å². The van der Waals surface area contributed by atoms with Gasteiger partial charge in [-0.3, -0.25) is 4.79 Å². The molecule has 1 fully saturated rings. The van der Waals surface area contributed by atoms with E-state index in [0.29, 0.717) is 6.42 Å². The van der Waals surface area contributed by atoms with Gasteiger partial charge in [-0.15, -0.1) is 0 Å². The number of carbonyl (C=O) groups excluding carboxylic acids is 1. The zero-order valence-corrected chi connectivity index (χ0v) is 7.86. The number of phenols is 1. The second kappa shape index (κ2) is 3.70. The summed E-state index contributed by atoms with van der Waals surface area (Å²) in [7, 11) is 0. The van der Waals surface area contributed by atoms with Gasteiger partial charge in [-0.2, -0.15) is 0 Å². The van der Waals surface area contributed by atoms with Gasteiger partial charge in [0.15, 0.2) is 0 Å². The van der Waals surface area contributed by atoms with E-state index in [2.05, 4.69) is 5.32 Å². The molecule has 0 aromatic heterocycles. The molecule has 1 amide bonds. The minimum Gasteiger partial charge on any atom is -0.508 e. The number of hydrogen-bond acceptors (Lipinski definition) is 2. The van der Waals surface area contributed by atoms with Gasteiger partial charge < -0.3 is 10.4 Å². The molecule has 74 valence electrons. The molecule has 0 aliphatic carbocycles. The zero-order chi connectivity index (χ0) is 9.97. The van der Waals surface area contributed by atoms with Crippen molar-refractivity contribution in [1.82, 2.24) is 5.32 Å². The van der Waals surface area contributed by atoms with Crippen molar-refractivity contribution in [2.45, 2.75) is 25.3 Å². The maximum Gasteiger partial charge on any atom is 0.220 e. The van der Waals surface area contributed by atoms with Crippen LogP contribution in [0, 0.1) is 0 Å². The molecule has 1 saturated heterocycles. The van der Waals surface area contributed by atoms with Crippen molar-refractivity contribution in [2.75, 3.05) is 0 Å². The van der Waals surface area contributed by atoms with Crippen LogP contribution in [0.25, 0.3) is 0 Å². The highest BCUT2D eigenvalue weighted by molar-refractivity contribution is 5.77. The van der Waals surface area contributed by atoms with E-state index >= 15 is 0 Å². The molecule has 0 radical (unpaired) electrons.